The second-order valence-electron chi connectivity index (χ2n) is 5.38. The van der Waals surface area contributed by atoms with Crippen molar-refractivity contribution in [2.45, 2.75) is 25.9 Å². The average molecular weight is 341 g/mol. The molecule has 3 N–H and O–H groups in total. The summed E-state index contributed by atoms with van der Waals surface area (Å²) in [7, 11) is 0. The van der Waals surface area contributed by atoms with Crippen LogP contribution in [0.2, 0.25) is 0 Å². The summed E-state index contributed by atoms with van der Waals surface area (Å²) >= 11 is 0. The molecule has 1 aromatic heterocycles. The maximum atomic E-state index is 12.0. The zero-order valence-corrected chi connectivity index (χ0v) is 13.8. The van der Waals surface area contributed by atoms with Gasteiger partial charge in [0.2, 0.25) is 0 Å². The van der Waals surface area contributed by atoms with Gasteiger partial charge in [0, 0.05) is 19.3 Å². The Balaban J connectivity index is 1.92. The number of nitrogens with zero attached hydrogens (tertiary/aromatic N) is 2. The largest absolute Gasteiger partial charge is 0.336 e. The first-order valence-electron chi connectivity index (χ1n) is 7.88. The summed E-state index contributed by atoms with van der Waals surface area (Å²) in [5, 5.41) is 14.3. The highest BCUT2D eigenvalue weighted by molar-refractivity contribution is 5.74. The number of hydrogen-bond donors (Lipinski definition) is 3. The topological polar surface area (TPSA) is 120 Å². The van der Waals surface area contributed by atoms with Crippen LogP contribution in [0.25, 0.3) is 0 Å². The molecule has 0 fully saturated rings. The minimum Gasteiger partial charge on any atom is -0.336 e. The van der Waals surface area contributed by atoms with E-state index in [9.17, 15) is 14.4 Å². The molecule has 1 atom stereocenters. The van der Waals surface area contributed by atoms with Crippen LogP contribution in [0, 0.1) is 11.3 Å². The van der Waals surface area contributed by atoms with E-state index in [1.54, 1.807) is 6.07 Å². The van der Waals surface area contributed by atoms with Crippen molar-refractivity contribution in [2.75, 3.05) is 6.54 Å². The number of rotatable bonds is 6. The molecule has 0 radical (unpaired) electrons. The van der Waals surface area contributed by atoms with Gasteiger partial charge in [-0.1, -0.05) is 37.3 Å². The third-order valence-electron chi connectivity index (χ3n) is 3.69. The summed E-state index contributed by atoms with van der Waals surface area (Å²) in [6.07, 6.45) is 1.92. The SMILES string of the molecule is CCC(NC(=O)NCCn1cc(C#N)c(=O)[nH]c1=O)c1ccccc1. The van der Waals surface area contributed by atoms with Crippen LogP contribution in [0.4, 0.5) is 4.79 Å². The summed E-state index contributed by atoms with van der Waals surface area (Å²) in [5.41, 5.74) is -0.486. The number of amides is 2. The first kappa shape index (κ1) is 18.0. The molecule has 1 unspecified atom stereocenters. The third kappa shape index (κ3) is 4.81. The fourth-order valence-corrected chi connectivity index (χ4v) is 2.36. The normalized spacial score (nSPS) is 11.4. The highest BCUT2D eigenvalue weighted by Crippen LogP contribution is 2.15. The van der Waals surface area contributed by atoms with Crippen molar-refractivity contribution in [1.29, 1.82) is 5.26 Å². The number of hydrogen-bond acceptors (Lipinski definition) is 4. The van der Waals surface area contributed by atoms with Gasteiger partial charge in [-0.2, -0.15) is 5.26 Å². The van der Waals surface area contributed by atoms with E-state index in [1.165, 1.54) is 10.8 Å². The molecule has 1 aromatic carbocycles. The van der Waals surface area contributed by atoms with Gasteiger partial charge >= 0.3 is 11.7 Å². The smallest absolute Gasteiger partial charge is 0.328 e. The molecule has 2 aromatic rings. The second-order valence-corrected chi connectivity index (χ2v) is 5.38. The lowest BCUT2D eigenvalue weighted by molar-refractivity contribution is 0.236. The molecule has 2 amide bonds. The summed E-state index contributed by atoms with van der Waals surface area (Å²) < 4.78 is 1.18. The van der Waals surface area contributed by atoms with Gasteiger partial charge < -0.3 is 10.6 Å². The number of carbonyl (C=O) groups is 1. The van der Waals surface area contributed by atoms with E-state index in [2.05, 4.69) is 15.6 Å². The maximum absolute atomic E-state index is 12.0. The van der Waals surface area contributed by atoms with Crippen LogP contribution >= 0.6 is 0 Å². The van der Waals surface area contributed by atoms with E-state index in [0.717, 1.165) is 12.0 Å². The Labute approximate surface area is 144 Å². The van der Waals surface area contributed by atoms with Gasteiger partial charge in [-0.3, -0.25) is 14.3 Å². The molecule has 0 saturated carbocycles. The highest BCUT2D eigenvalue weighted by Gasteiger charge is 2.12. The molecule has 0 spiro atoms. The minimum atomic E-state index is -0.719. The van der Waals surface area contributed by atoms with Crippen LogP contribution in [-0.2, 0) is 6.54 Å². The third-order valence-corrected chi connectivity index (χ3v) is 3.69. The number of nitriles is 1. The van der Waals surface area contributed by atoms with Crippen LogP contribution in [0.5, 0.6) is 0 Å². The lowest BCUT2D eigenvalue weighted by atomic mass is 10.1. The van der Waals surface area contributed by atoms with Crippen LogP contribution < -0.4 is 21.9 Å². The fraction of sp³-hybridized carbons (Fsp3) is 0.294. The van der Waals surface area contributed by atoms with Gasteiger partial charge in [-0.15, -0.1) is 0 Å². The van der Waals surface area contributed by atoms with Crippen LogP contribution in [-0.4, -0.2) is 22.1 Å². The lowest BCUT2D eigenvalue weighted by Gasteiger charge is -2.18. The minimum absolute atomic E-state index is 0.109. The van der Waals surface area contributed by atoms with Gasteiger partial charge in [-0.25, -0.2) is 9.59 Å². The van der Waals surface area contributed by atoms with E-state index in [0.29, 0.717) is 0 Å². The Morgan fingerprint density at radius 1 is 1.32 bits per heavy atom. The standard InChI is InChI=1S/C17H19N5O3/c1-2-14(12-6-4-3-5-7-12)20-16(24)19-8-9-22-11-13(10-18)15(23)21-17(22)25/h3-7,11,14H,2,8-9H2,1H3,(H2,19,20,24)(H,21,23,25). The Morgan fingerprint density at radius 2 is 2.04 bits per heavy atom. The molecule has 0 aliphatic heterocycles. The zero-order valence-electron chi connectivity index (χ0n) is 13.8. The Morgan fingerprint density at radius 3 is 2.68 bits per heavy atom. The van der Waals surface area contributed by atoms with Gasteiger partial charge in [0.05, 0.1) is 6.04 Å². The summed E-state index contributed by atoms with van der Waals surface area (Å²) in [6.45, 7) is 2.29. The molecule has 130 valence electrons. The predicted octanol–water partition coefficient (Wildman–Crippen LogP) is 0.859. The molecule has 8 heteroatoms. The number of nitrogens with one attached hydrogen (secondary N) is 3. The van der Waals surface area contributed by atoms with Crippen molar-refractivity contribution in [1.82, 2.24) is 20.2 Å². The van der Waals surface area contributed by atoms with Gasteiger partial charge in [0.15, 0.2) is 0 Å². The van der Waals surface area contributed by atoms with Crippen molar-refractivity contribution in [2.24, 2.45) is 0 Å². The first-order chi connectivity index (χ1) is 12.0. The molecular weight excluding hydrogens is 322 g/mol. The number of aromatic nitrogens is 2. The Kier molecular flexibility index (Phi) is 6.12. The number of aromatic amines is 1. The van der Waals surface area contributed by atoms with E-state index in [4.69, 9.17) is 5.26 Å². The predicted molar refractivity (Wildman–Crippen MR) is 92.0 cm³/mol. The molecule has 1 heterocycles. The Bertz CT molecular complexity index is 880. The molecule has 0 aliphatic rings. The van der Waals surface area contributed by atoms with E-state index in [-0.39, 0.29) is 30.7 Å². The molecule has 0 bridgehead atoms. The summed E-state index contributed by atoms with van der Waals surface area (Å²) in [6, 6.07) is 10.9. The number of H-pyrrole nitrogens is 1. The molecule has 2 rings (SSSR count). The maximum Gasteiger partial charge on any atom is 0.328 e. The van der Waals surface area contributed by atoms with Crippen LogP contribution in [0.1, 0.15) is 30.5 Å². The molecule has 8 nitrogen and oxygen atoms in total. The van der Waals surface area contributed by atoms with Gasteiger partial charge in [0.25, 0.3) is 5.56 Å². The Hall–Kier alpha value is -3.34. The zero-order chi connectivity index (χ0) is 18.2. The lowest BCUT2D eigenvalue weighted by Crippen LogP contribution is -2.40. The van der Waals surface area contributed by atoms with Crippen molar-refractivity contribution in [3.8, 4) is 6.07 Å². The quantitative estimate of drug-likeness (QED) is 0.721. The van der Waals surface area contributed by atoms with Crippen LogP contribution in [0.15, 0.2) is 46.1 Å². The molecular formula is C17H19N5O3. The fourth-order valence-electron chi connectivity index (χ4n) is 2.36. The second kappa shape index (κ2) is 8.49. The average Bonchev–Trinajstić information content (AvgIpc) is 2.62. The van der Waals surface area contributed by atoms with Crippen molar-refractivity contribution in [3.63, 3.8) is 0 Å². The van der Waals surface area contributed by atoms with Crippen molar-refractivity contribution in [3.05, 3.63) is 68.5 Å². The van der Waals surface area contributed by atoms with Gasteiger partial charge in [0.1, 0.15) is 11.6 Å². The summed E-state index contributed by atoms with van der Waals surface area (Å²) in [5.74, 6) is 0. The van der Waals surface area contributed by atoms with Crippen molar-refractivity contribution < 1.29 is 4.79 Å². The van der Waals surface area contributed by atoms with E-state index < -0.39 is 11.2 Å². The first-order valence-corrected chi connectivity index (χ1v) is 7.88. The van der Waals surface area contributed by atoms with E-state index in [1.807, 2.05) is 37.3 Å². The van der Waals surface area contributed by atoms with E-state index >= 15 is 0 Å². The molecule has 25 heavy (non-hydrogen) atoms. The molecule has 0 aliphatic carbocycles. The number of benzene rings is 1. The van der Waals surface area contributed by atoms with Gasteiger partial charge in [-0.05, 0) is 12.0 Å². The van der Waals surface area contributed by atoms with Crippen molar-refractivity contribution >= 4 is 6.03 Å². The monoisotopic (exact) mass is 341 g/mol. The highest BCUT2D eigenvalue weighted by atomic mass is 16.2. The number of carbonyl (C=O) groups excluding carboxylic acids is 1. The summed E-state index contributed by atoms with van der Waals surface area (Å²) in [4.78, 5) is 37.1. The molecule has 0 saturated heterocycles. The van der Waals surface area contributed by atoms with Crippen LogP contribution in [0.3, 0.4) is 0 Å². The number of urea groups is 1.